The monoisotopic (exact) mass is 1370 g/mol. The second-order valence-corrected chi connectivity index (χ2v) is 27.3. The van der Waals surface area contributed by atoms with Gasteiger partial charge < -0.3 is 34.2 Å². The number of allylic oxidation sites excluding steroid dienone is 20. The molecule has 95 heavy (non-hydrogen) atoms. The Kier molecular flexibility index (Phi) is 66.9. The minimum Gasteiger partial charge on any atom is -0.463 e. The standard InChI is InChI=1S/C77H132O16P2/c1-4-7-10-13-16-19-22-25-28-30-32-34-35-37-39-40-43-45-48-51-54-57-60-63-75(80)87-66-72(78)67-89-94(83,84)90-68-73(79)69-91-95(85,86)92-71-74(93-77(82)65-62-59-56-53-50-47-42-27-24-21-18-15-12-9-6-3)70-88-76(81)64-61-58-55-52-49-46-44-41-38-36-33-31-29-26-23-20-17-14-11-8-5-2/h8,11,16-17,19-20,25-29,32-34,36-37,39,41-42,44,72-74,78-79H,4-7,9-10,12-15,18,21-24,30-31,35,38,40,43,45-71H2,1-3H3,(H,83,84)(H,85,86)/b11-8-,19-16-,20-17-,28-25-,29-26-,34-32-,36-33-,39-37-,42-27-,44-41-. The van der Waals surface area contributed by atoms with Gasteiger partial charge >= 0.3 is 33.6 Å². The summed E-state index contributed by atoms with van der Waals surface area (Å²) in [6.07, 6.45) is 80.9. The van der Waals surface area contributed by atoms with E-state index >= 15 is 0 Å². The molecule has 4 N–H and O–H groups in total. The number of phosphoric ester groups is 2. The molecule has 0 aromatic carbocycles. The van der Waals surface area contributed by atoms with Crippen molar-refractivity contribution in [1.82, 2.24) is 0 Å². The molecule has 0 aromatic heterocycles. The number of carbonyl (C=O) groups is 3. The topological polar surface area (TPSA) is 231 Å². The molecule has 5 atom stereocenters. The molecule has 16 nitrogen and oxygen atoms in total. The molecule has 0 aromatic rings. The number of ether oxygens (including phenoxy) is 3. The summed E-state index contributed by atoms with van der Waals surface area (Å²) in [5.74, 6) is -1.62. The van der Waals surface area contributed by atoms with Crippen molar-refractivity contribution in [2.75, 3.05) is 39.6 Å². The summed E-state index contributed by atoms with van der Waals surface area (Å²) in [6, 6.07) is 0. The maximum atomic E-state index is 12.9. The highest BCUT2D eigenvalue weighted by Crippen LogP contribution is 2.45. The first kappa shape index (κ1) is 91.0. The van der Waals surface area contributed by atoms with Crippen LogP contribution >= 0.6 is 15.6 Å². The Morgan fingerprint density at radius 1 is 0.305 bits per heavy atom. The molecule has 0 heterocycles. The number of aliphatic hydroxyl groups is 2. The Balaban J connectivity index is 4.67. The summed E-state index contributed by atoms with van der Waals surface area (Å²) < 4.78 is 61.0. The minimum absolute atomic E-state index is 0.0874. The lowest BCUT2D eigenvalue weighted by molar-refractivity contribution is -0.161. The van der Waals surface area contributed by atoms with Crippen LogP contribution in [-0.2, 0) is 55.8 Å². The van der Waals surface area contributed by atoms with Crippen molar-refractivity contribution >= 4 is 33.6 Å². The molecule has 0 saturated heterocycles. The van der Waals surface area contributed by atoms with Gasteiger partial charge in [0.1, 0.15) is 25.4 Å². The van der Waals surface area contributed by atoms with E-state index in [0.717, 1.165) is 167 Å². The van der Waals surface area contributed by atoms with Gasteiger partial charge in [0.2, 0.25) is 0 Å². The molecule has 0 amide bonds. The number of carbonyl (C=O) groups excluding carboxylic acids is 3. The average molecular weight is 1380 g/mol. The molecule has 0 aliphatic carbocycles. The first-order valence-electron chi connectivity index (χ1n) is 36.8. The van der Waals surface area contributed by atoms with Crippen LogP contribution in [0.1, 0.15) is 290 Å². The Morgan fingerprint density at radius 2 is 0.558 bits per heavy atom. The number of phosphoric acid groups is 2. The molecule has 0 saturated carbocycles. The maximum absolute atomic E-state index is 12.9. The molecule has 5 unspecified atom stereocenters. The maximum Gasteiger partial charge on any atom is 0.472 e. The van der Waals surface area contributed by atoms with E-state index in [4.69, 9.17) is 32.3 Å². The van der Waals surface area contributed by atoms with Crippen LogP contribution in [0.4, 0.5) is 0 Å². The predicted molar refractivity (Wildman–Crippen MR) is 390 cm³/mol. The van der Waals surface area contributed by atoms with Gasteiger partial charge in [-0.1, -0.05) is 258 Å². The zero-order valence-corrected chi connectivity index (χ0v) is 61.1. The van der Waals surface area contributed by atoms with E-state index in [0.29, 0.717) is 19.3 Å². The highest BCUT2D eigenvalue weighted by molar-refractivity contribution is 7.47. The van der Waals surface area contributed by atoms with Crippen molar-refractivity contribution in [3.05, 3.63) is 122 Å². The van der Waals surface area contributed by atoms with Gasteiger partial charge in [-0.3, -0.25) is 32.5 Å². The molecular formula is C77H132O16P2. The van der Waals surface area contributed by atoms with Crippen molar-refractivity contribution in [3.8, 4) is 0 Å². The Hall–Kier alpha value is -4.05. The van der Waals surface area contributed by atoms with Gasteiger partial charge in [-0.15, -0.1) is 0 Å². The van der Waals surface area contributed by atoms with Crippen molar-refractivity contribution in [2.45, 2.75) is 309 Å². The third-order valence-corrected chi connectivity index (χ3v) is 17.0. The molecule has 0 radical (unpaired) electrons. The zero-order chi connectivity index (χ0) is 69.5. The Bertz CT molecular complexity index is 2210. The fraction of sp³-hybridized carbons (Fsp3) is 0.701. The molecule has 18 heteroatoms. The van der Waals surface area contributed by atoms with Gasteiger partial charge in [0, 0.05) is 19.3 Å². The third-order valence-electron chi connectivity index (χ3n) is 15.1. The summed E-state index contributed by atoms with van der Waals surface area (Å²) in [5.41, 5.74) is 0. The minimum atomic E-state index is -4.94. The lowest BCUT2D eigenvalue weighted by Crippen LogP contribution is -2.30. The highest BCUT2D eigenvalue weighted by Gasteiger charge is 2.29. The summed E-state index contributed by atoms with van der Waals surface area (Å²) in [7, 11) is -9.80. The molecule has 0 rings (SSSR count). The largest absolute Gasteiger partial charge is 0.472 e. The van der Waals surface area contributed by atoms with E-state index in [2.05, 4.69) is 142 Å². The highest BCUT2D eigenvalue weighted by atomic mass is 31.2. The Morgan fingerprint density at radius 3 is 0.916 bits per heavy atom. The molecule has 0 spiro atoms. The third kappa shape index (κ3) is 71.1. The van der Waals surface area contributed by atoms with Crippen molar-refractivity contribution in [3.63, 3.8) is 0 Å². The Labute approximate surface area is 576 Å². The summed E-state index contributed by atoms with van der Waals surface area (Å²) in [6.45, 7) is 2.49. The lowest BCUT2D eigenvalue weighted by atomic mass is 10.1. The van der Waals surface area contributed by atoms with Gasteiger partial charge in [0.15, 0.2) is 6.10 Å². The van der Waals surface area contributed by atoms with Crippen LogP contribution in [0.2, 0.25) is 0 Å². The molecule has 0 aliphatic heterocycles. The van der Waals surface area contributed by atoms with Gasteiger partial charge in [0.05, 0.1) is 26.4 Å². The van der Waals surface area contributed by atoms with E-state index < -0.39 is 91.5 Å². The van der Waals surface area contributed by atoms with E-state index in [1.807, 2.05) is 0 Å². The quantitative estimate of drug-likeness (QED) is 0.0146. The number of aliphatic hydroxyl groups excluding tert-OH is 2. The van der Waals surface area contributed by atoms with Crippen LogP contribution in [0.15, 0.2) is 122 Å². The van der Waals surface area contributed by atoms with Crippen molar-refractivity contribution in [2.24, 2.45) is 0 Å². The number of unbranched alkanes of at least 4 members (excludes halogenated alkanes) is 26. The normalized spacial score (nSPS) is 14.8. The van der Waals surface area contributed by atoms with Crippen LogP contribution in [-0.4, -0.2) is 95.9 Å². The number of hydrogen-bond donors (Lipinski definition) is 4. The first-order chi connectivity index (χ1) is 46.2. The average Bonchev–Trinajstić information content (AvgIpc) is 2.15. The van der Waals surface area contributed by atoms with E-state index in [1.165, 1.54) is 64.2 Å². The molecular weight excluding hydrogens is 1240 g/mol. The lowest BCUT2D eigenvalue weighted by Gasteiger charge is -2.21. The smallest absolute Gasteiger partial charge is 0.463 e. The summed E-state index contributed by atoms with van der Waals surface area (Å²) in [5, 5.41) is 20.6. The van der Waals surface area contributed by atoms with Gasteiger partial charge in [-0.25, -0.2) is 9.13 Å². The fourth-order valence-electron chi connectivity index (χ4n) is 9.52. The molecule has 546 valence electrons. The number of hydrogen-bond acceptors (Lipinski definition) is 14. The SMILES string of the molecule is CC/C=C\C/C=C\C/C=C\C/C=C\C/C=C\CCCCCCCC(=O)OCC(COP(=O)(O)OCC(O)COP(=O)(O)OCC(O)COC(=O)CCCCCCCCC/C=C\C/C=C\C/C=C\C/C=C\CCCCC)OC(=O)CCCCCCC/C=C\CCCCCCCC. The van der Waals surface area contributed by atoms with Crippen LogP contribution in [0.25, 0.3) is 0 Å². The fourth-order valence-corrected chi connectivity index (χ4v) is 11.1. The summed E-state index contributed by atoms with van der Waals surface area (Å²) in [4.78, 5) is 58.5. The first-order valence-corrected chi connectivity index (χ1v) is 39.8. The van der Waals surface area contributed by atoms with Crippen LogP contribution in [0.3, 0.4) is 0 Å². The van der Waals surface area contributed by atoms with Crippen LogP contribution in [0.5, 0.6) is 0 Å². The summed E-state index contributed by atoms with van der Waals surface area (Å²) >= 11 is 0. The van der Waals surface area contributed by atoms with Crippen LogP contribution in [0, 0.1) is 0 Å². The molecule has 0 bridgehead atoms. The number of esters is 3. The van der Waals surface area contributed by atoms with Crippen molar-refractivity contribution < 1.29 is 75.8 Å². The predicted octanol–water partition coefficient (Wildman–Crippen LogP) is 21.0. The van der Waals surface area contributed by atoms with Crippen LogP contribution < -0.4 is 0 Å². The van der Waals surface area contributed by atoms with Gasteiger partial charge in [-0.05, 0) is 135 Å². The second-order valence-electron chi connectivity index (χ2n) is 24.4. The van der Waals surface area contributed by atoms with Gasteiger partial charge in [0.25, 0.3) is 0 Å². The number of rotatable bonds is 69. The molecule has 0 aliphatic rings. The second kappa shape index (κ2) is 69.8. The van der Waals surface area contributed by atoms with E-state index in [9.17, 15) is 43.5 Å². The van der Waals surface area contributed by atoms with E-state index in [-0.39, 0.29) is 19.3 Å². The van der Waals surface area contributed by atoms with E-state index in [1.54, 1.807) is 0 Å². The molecule has 0 fully saturated rings. The zero-order valence-electron chi connectivity index (χ0n) is 59.3. The van der Waals surface area contributed by atoms with Gasteiger partial charge in [-0.2, -0.15) is 0 Å². The van der Waals surface area contributed by atoms with Crippen molar-refractivity contribution in [1.29, 1.82) is 0 Å².